The third kappa shape index (κ3) is 3.86. The van der Waals surface area contributed by atoms with Gasteiger partial charge in [0.1, 0.15) is 17.7 Å². The molecular weight excluding hydrogens is 262 g/mol. The van der Waals surface area contributed by atoms with Gasteiger partial charge >= 0.3 is 0 Å². The fourth-order valence-corrected chi connectivity index (χ4v) is 3.01. The van der Waals surface area contributed by atoms with Gasteiger partial charge in [0.05, 0.1) is 5.56 Å². The number of aromatic nitrogens is 2. The Morgan fingerprint density at radius 3 is 2.67 bits per heavy atom. The molecule has 2 rings (SSSR count). The van der Waals surface area contributed by atoms with Crippen LogP contribution in [0.4, 0.5) is 5.82 Å². The first kappa shape index (κ1) is 16.1. The molecule has 1 saturated carbocycles. The Labute approximate surface area is 128 Å². The van der Waals surface area contributed by atoms with Crippen molar-refractivity contribution >= 4 is 5.82 Å². The molecule has 0 bridgehead atoms. The fourth-order valence-electron chi connectivity index (χ4n) is 3.01. The van der Waals surface area contributed by atoms with Crippen LogP contribution in [0.1, 0.15) is 70.2 Å². The highest BCUT2D eigenvalue weighted by Crippen LogP contribution is 2.31. The Hall–Kier alpha value is -1.32. The summed E-state index contributed by atoms with van der Waals surface area (Å²) in [4.78, 5) is 9.22. The van der Waals surface area contributed by atoms with Crippen LogP contribution >= 0.6 is 0 Å². The van der Waals surface area contributed by atoms with Crippen LogP contribution in [0.15, 0.2) is 0 Å². The van der Waals surface area contributed by atoms with E-state index in [0.717, 1.165) is 41.8 Å². The van der Waals surface area contributed by atoms with Gasteiger partial charge < -0.3 is 10.1 Å². The summed E-state index contributed by atoms with van der Waals surface area (Å²) in [7, 11) is 1.90. The number of nitrogens with one attached hydrogen (secondary N) is 1. The molecule has 1 aliphatic rings. The Morgan fingerprint density at radius 1 is 1.29 bits per heavy atom. The van der Waals surface area contributed by atoms with Gasteiger partial charge in [0, 0.05) is 13.0 Å². The largest absolute Gasteiger partial charge is 0.474 e. The lowest BCUT2D eigenvalue weighted by molar-refractivity contribution is 0.116. The summed E-state index contributed by atoms with van der Waals surface area (Å²) in [6.07, 6.45) is 6.47. The molecule has 0 spiro atoms. The average Bonchev–Trinajstić information content (AvgIpc) is 2.49. The van der Waals surface area contributed by atoms with Crippen molar-refractivity contribution in [2.75, 3.05) is 12.4 Å². The van der Waals surface area contributed by atoms with E-state index in [1.54, 1.807) is 0 Å². The predicted octanol–water partition coefficient (Wildman–Crippen LogP) is 4.30. The zero-order valence-electron chi connectivity index (χ0n) is 14.1. The van der Waals surface area contributed by atoms with Crippen LogP contribution in [-0.2, 0) is 0 Å². The van der Waals surface area contributed by atoms with E-state index in [9.17, 15) is 0 Å². The maximum atomic E-state index is 6.26. The Bertz CT molecular complexity index is 473. The first-order chi connectivity index (χ1) is 10.0. The lowest BCUT2D eigenvalue weighted by Crippen LogP contribution is -2.26. The van der Waals surface area contributed by atoms with Gasteiger partial charge in [-0.1, -0.05) is 33.6 Å². The molecule has 0 amide bonds. The molecule has 2 atom stereocenters. The average molecular weight is 291 g/mol. The van der Waals surface area contributed by atoms with Crippen LogP contribution < -0.4 is 10.1 Å². The zero-order valence-corrected chi connectivity index (χ0v) is 14.1. The third-order valence-electron chi connectivity index (χ3n) is 4.46. The predicted molar refractivity (Wildman–Crippen MR) is 87.1 cm³/mol. The van der Waals surface area contributed by atoms with Crippen LogP contribution in [0.5, 0.6) is 5.88 Å². The Morgan fingerprint density at radius 2 is 2.05 bits per heavy atom. The number of ether oxygens (including phenoxy) is 1. The molecule has 1 aromatic rings. The number of anilines is 1. The minimum absolute atomic E-state index is 0.301. The second-order valence-corrected chi connectivity index (χ2v) is 6.45. The summed E-state index contributed by atoms with van der Waals surface area (Å²) in [5, 5.41) is 3.16. The molecule has 0 radical (unpaired) electrons. The topological polar surface area (TPSA) is 47.0 Å². The maximum Gasteiger partial charge on any atom is 0.222 e. The molecular formula is C17H29N3O. The number of hydrogen-bond donors (Lipinski definition) is 1. The summed E-state index contributed by atoms with van der Waals surface area (Å²) in [6.45, 7) is 8.54. The standard InChI is InChI=1S/C17H29N3O/c1-6-13-8-7-9-14(10-13)21-17-12(4)16(18-5)19-15(20-17)11(2)3/h11,13-14H,6-10H2,1-5H3,(H,18,19,20). The van der Waals surface area contributed by atoms with E-state index in [1.165, 1.54) is 19.3 Å². The first-order valence-corrected chi connectivity index (χ1v) is 8.28. The third-order valence-corrected chi connectivity index (χ3v) is 4.46. The summed E-state index contributed by atoms with van der Waals surface area (Å²) in [5.41, 5.74) is 1.01. The molecule has 4 heteroatoms. The van der Waals surface area contributed by atoms with Gasteiger partial charge in [0.25, 0.3) is 0 Å². The van der Waals surface area contributed by atoms with Crippen LogP contribution in [0.25, 0.3) is 0 Å². The SMILES string of the molecule is CCC1CCCC(Oc2nc(C(C)C)nc(NC)c2C)C1. The molecule has 0 aromatic carbocycles. The smallest absolute Gasteiger partial charge is 0.222 e. The highest BCUT2D eigenvalue weighted by atomic mass is 16.5. The molecule has 1 aromatic heterocycles. The van der Waals surface area contributed by atoms with Gasteiger partial charge in [0.15, 0.2) is 0 Å². The molecule has 1 fully saturated rings. The van der Waals surface area contributed by atoms with Gasteiger partial charge in [-0.3, -0.25) is 0 Å². The number of rotatable bonds is 5. The van der Waals surface area contributed by atoms with Crippen molar-refractivity contribution < 1.29 is 4.74 Å². The van der Waals surface area contributed by atoms with Crippen LogP contribution in [0.3, 0.4) is 0 Å². The summed E-state index contributed by atoms with van der Waals surface area (Å²) < 4.78 is 6.26. The molecule has 0 saturated heterocycles. The van der Waals surface area contributed by atoms with Crippen molar-refractivity contribution in [1.29, 1.82) is 0 Å². The van der Waals surface area contributed by atoms with E-state index in [0.29, 0.717) is 12.0 Å². The zero-order chi connectivity index (χ0) is 15.4. The lowest BCUT2D eigenvalue weighted by Gasteiger charge is -2.29. The van der Waals surface area contributed by atoms with Crippen LogP contribution in [-0.4, -0.2) is 23.1 Å². The molecule has 0 aliphatic heterocycles. The van der Waals surface area contributed by atoms with E-state index < -0.39 is 0 Å². The van der Waals surface area contributed by atoms with E-state index in [4.69, 9.17) is 4.74 Å². The normalized spacial score (nSPS) is 22.4. The van der Waals surface area contributed by atoms with E-state index in [-0.39, 0.29) is 0 Å². The van der Waals surface area contributed by atoms with Gasteiger partial charge in [0.2, 0.25) is 5.88 Å². The molecule has 1 aliphatic carbocycles. The monoisotopic (exact) mass is 291 g/mol. The van der Waals surface area contributed by atoms with E-state index in [1.807, 2.05) is 14.0 Å². The Balaban J connectivity index is 2.20. The van der Waals surface area contributed by atoms with E-state index in [2.05, 4.69) is 36.1 Å². The summed E-state index contributed by atoms with van der Waals surface area (Å²) in [5.74, 6) is 3.60. The highest BCUT2D eigenvalue weighted by molar-refractivity contribution is 5.48. The van der Waals surface area contributed by atoms with Gasteiger partial charge in [-0.2, -0.15) is 4.98 Å². The van der Waals surface area contributed by atoms with Crippen molar-refractivity contribution in [2.45, 2.75) is 71.8 Å². The summed E-state index contributed by atoms with van der Waals surface area (Å²) in [6, 6.07) is 0. The fraction of sp³-hybridized carbons (Fsp3) is 0.765. The molecule has 1 heterocycles. The lowest BCUT2D eigenvalue weighted by atomic mass is 9.85. The minimum Gasteiger partial charge on any atom is -0.474 e. The van der Waals surface area contributed by atoms with Crippen molar-refractivity contribution in [3.05, 3.63) is 11.4 Å². The first-order valence-electron chi connectivity index (χ1n) is 8.28. The van der Waals surface area contributed by atoms with Crippen molar-refractivity contribution in [1.82, 2.24) is 9.97 Å². The number of hydrogen-bond acceptors (Lipinski definition) is 4. The highest BCUT2D eigenvalue weighted by Gasteiger charge is 2.24. The van der Waals surface area contributed by atoms with Gasteiger partial charge in [-0.05, 0) is 32.1 Å². The Kier molecular flexibility index (Phi) is 5.43. The van der Waals surface area contributed by atoms with Crippen LogP contribution in [0, 0.1) is 12.8 Å². The van der Waals surface area contributed by atoms with Gasteiger partial charge in [-0.15, -0.1) is 0 Å². The van der Waals surface area contributed by atoms with Crippen molar-refractivity contribution in [3.63, 3.8) is 0 Å². The number of nitrogens with zero attached hydrogens (tertiary/aromatic N) is 2. The molecule has 4 nitrogen and oxygen atoms in total. The minimum atomic E-state index is 0.301. The van der Waals surface area contributed by atoms with Crippen molar-refractivity contribution in [3.8, 4) is 5.88 Å². The van der Waals surface area contributed by atoms with Crippen molar-refractivity contribution in [2.24, 2.45) is 5.92 Å². The molecule has 118 valence electrons. The quantitative estimate of drug-likeness (QED) is 0.878. The van der Waals surface area contributed by atoms with Gasteiger partial charge in [-0.25, -0.2) is 4.98 Å². The second-order valence-electron chi connectivity index (χ2n) is 6.45. The maximum absolute atomic E-state index is 6.26. The van der Waals surface area contributed by atoms with E-state index >= 15 is 0 Å². The summed E-state index contributed by atoms with van der Waals surface area (Å²) >= 11 is 0. The molecule has 21 heavy (non-hydrogen) atoms. The molecule has 1 N–H and O–H groups in total. The second kappa shape index (κ2) is 7.10. The molecule has 2 unspecified atom stereocenters. The van der Waals surface area contributed by atoms with Crippen LogP contribution in [0.2, 0.25) is 0 Å².